The molecular weight excluding hydrogens is 288 g/mol. The van der Waals surface area contributed by atoms with Gasteiger partial charge in [0.1, 0.15) is 0 Å². The van der Waals surface area contributed by atoms with Gasteiger partial charge in [0.2, 0.25) is 0 Å². The van der Waals surface area contributed by atoms with E-state index >= 15 is 0 Å². The zero-order valence-corrected chi connectivity index (χ0v) is 15.0. The average molecular weight is 321 g/mol. The van der Waals surface area contributed by atoms with E-state index in [1.54, 1.807) is 11.4 Å². The summed E-state index contributed by atoms with van der Waals surface area (Å²) in [6.07, 6.45) is 0.832. The number of likely N-dealkylation sites (N-methyl/N-ethyl adjacent to an activating group) is 1. The van der Waals surface area contributed by atoms with Crippen molar-refractivity contribution in [2.45, 2.75) is 46.2 Å². The Morgan fingerprint density at radius 2 is 2.00 bits per heavy atom. The molecule has 0 amide bonds. The molecule has 0 aromatic carbocycles. The van der Waals surface area contributed by atoms with Crippen molar-refractivity contribution >= 4 is 10.2 Å². The fourth-order valence-corrected chi connectivity index (χ4v) is 4.12. The Bertz CT molecular complexity index is 400. The monoisotopic (exact) mass is 320 g/mol. The third kappa shape index (κ3) is 5.49. The number of hydrogen-bond donors (Lipinski definition) is 1. The quantitative estimate of drug-likeness (QED) is 0.665. The van der Waals surface area contributed by atoms with Crippen molar-refractivity contribution in [1.82, 2.24) is 18.8 Å². The highest BCUT2D eigenvalue weighted by atomic mass is 32.2. The molecule has 126 valence electrons. The van der Waals surface area contributed by atoms with E-state index in [0.717, 1.165) is 26.1 Å². The first-order valence-electron chi connectivity index (χ1n) is 7.97. The molecule has 0 radical (unpaired) electrons. The van der Waals surface area contributed by atoms with Crippen LogP contribution >= 0.6 is 0 Å². The topological polar surface area (TPSA) is 55.9 Å². The van der Waals surface area contributed by atoms with E-state index in [1.807, 2.05) is 0 Å². The van der Waals surface area contributed by atoms with Gasteiger partial charge in [0.05, 0.1) is 0 Å². The van der Waals surface area contributed by atoms with Crippen LogP contribution < -0.4 is 5.32 Å². The Balaban J connectivity index is 2.48. The Morgan fingerprint density at radius 3 is 2.52 bits per heavy atom. The lowest BCUT2D eigenvalue weighted by Gasteiger charge is -2.39. The van der Waals surface area contributed by atoms with Crippen LogP contribution in [-0.4, -0.2) is 80.3 Å². The summed E-state index contributed by atoms with van der Waals surface area (Å²) in [6, 6.07) is 0.726. The van der Waals surface area contributed by atoms with Crippen molar-refractivity contribution in [2.75, 3.05) is 46.3 Å². The van der Waals surface area contributed by atoms with Gasteiger partial charge in [0.25, 0.3) is 10.2 Å². The van der Waals surface area contributed by atoms with Gasteiger partial charge in [-0.1, -0.05) is 20.8 Å². The number of rotatable bonds is 8. The van der Waals surface area contributed by atoms with E-state index in [0.29, 0.717) is 25.7 Å². The molecule has 1 unspecified atom stereocenters. The van der Waals surface area contributed by atoms with Crippen LogP contribution in [-0.2, 0) is 10.2 Å². The van der Waals surface area contributed by atoms with Crippen molar-refractivity contribution < 1.29 is 8.42 Å². The lowest BCUT2D eigenvalue weighted by atomic mass is 10.2. The van der Waals surface area contributed by atoms with Crippen LogP contribution in [0.5, 0.6) is 0 Å². The van der Waals surface area contributed by atoms with Crippen molar-refractivity contribution in [3.05, 3.63) is 0 Å². The van der Waals surface area contributed by atoms with Crippen LogP contribution in [0.4, 0.5) is 0 Å². The van der Waals surface area contributed by atoms with Gasteiger partial charge in [-0.15, -0.1) is 0 Å². The van der Waals surface area contributed by atoms with Gasteiger partial charge in [0.15, 0.2) is 0 Å². The second-order valence-corrected chi connectivity index (χ2v) is 8.16. The molecule has 1 fully saturated rings. The van der Waals surface area contributed by atoms with E-state index in [1.165, 1.54) is 4.31 Å². The first-order valence-corrected chi connectivity index (χ1v) is 9.37. The fourth-order valence-electron chi connectivity index (χ4n) is 2.65. The van der Waals surface area contributed by atoms with Gasteiger partial charge >= 0.3 is 0 Å². The fraction of sp³-hybridized carbons (Fsp3) is 1.00. The van der Waals surface area contributed by atoms with E-state index in [2.05, 4.69) is 37.9 Å². The standard InChI is InChI=1S/C14H32N4O2S/c1-6-17-10-11-18(12-14(17)4)21(19,20)16(5)9-7-8-15-13(2)3/h13-15H,6-12H2,1-5H3. The zero-order valence-electron chi connectivity index (χ0n) is 14.2. The maximum absolute atomic E-state index is 12.6. The first-order chi connectivity index (χ1) is 9.78. The summed E-state index contributed by atoms with van der Waals surface area (Å²) in [4.78, 5) is 2.32. The second-order valence-electron chi connectivity index (χ2n) is 6.13. The highest BCUT2D eigenvalue weighted by Gasteiger charge is 2.32. The minimum Gasteiger partial charge on any atom is -0.314 e. The molecule has 1 aliphatic heterocycles. The predicted molar refractivity (Wildman–Crippen MR) is 87.6 cm³/mol. The van der Waals surface area contributed by atoms with Gasteiger partial charge < -0.3 is 5.32 Å². The molecule has 1 saturated heterocycles. The molecule has 7 heteroatoms. The van der Waals surface area contributed by atoms with Crippen LogP contribution in [0.25, 0.3) is 0 Å². The molecule has 0 aromatic heterocycles. The Hall–Kier alpha value is -0.210. The molecule has 0 bridgehead atoms. The lowest BCUT2D eigenvalue weighted by Crippen LogP contribution is -2.56. The lowest BCUT2D eigenvalue weighted by molar-refractivity contribution is 0.131. The molecule has 1 aliphatic rings. The summed E-state index contributed by atoms with van der Waals surface area (Å²) in [5.41, 5.74) is 0. The molecule has 1 atom stereocenters. The molecule has 1 N–H and O–H groups in total. The molecular formula is C14H32N4O2S. The predicted octanol–water partition coefficient (Wildman–Crippen LogP) is 0.577. The SMILES string of the molecule is CCN1CCN(S(=O)(=O)N(C)CCCNC(C)C)CC1C. The van der Waals surface area contributed by atoms with Gasteiger partial charge in [-0.05, 0) is 26.4 Å². The van der Waals surface area contributed by atoms with Crippen molar-refractivity contribution in [2.24, 2.45) is 0 Å². The number of nitrogens with zero attached hydrogens (tertiary/aromatic N) is 3. The van der Waals surface area contributed by atoms with Crippen LogP contribution in [0, 0.1) is 0 Å². The zero-order chi connectivity index (χ0) is 16.0. The van der Waals surface area contributed by atoms with Gasteiger partial charge in [-0.3, -0.25) is 4.90 Å². The number of nitrogens with one attached hydrogen (secondary N) is 1. The minimum atomic E-state index is -3.32. The molecule has 21 heavy (non-hydrogen) atoms. The Kier molecular flexibility index (Phi) is 7.56. The minimum absolute atomic E-state index is 0.287. The normalized spacial score (nSPS) is 22.3. The largest absolute Gasteiger partial charge is 0.314 e. The van der Waals surface area contributed by atoms with Crippen LogP contribution in [0.15, 0.2) is 0 Å². The Labute approximate surface area is 130 Å². The third-order valence-corrected chi connectivity index (χ3v) is 6.01. The van der Waals surface area contributed by atoms with Gasteiger partial charge in [-0.25, -0.2) is 0 Å². The molecule has 0 aromatic rings. The number of hydrogen-bond acceptors (Lipinski definition) is 4. The maximum Gasteiger partial charge on any atom is 0.281 e. The molecule has 1 heterocycles. The molecule has 6 nitrogen and oxygen atoms in total. The molecule has 0 saturated carbocycles. The van der Waals surface area contributed by atoms with E-state index in [9.17, 15) is 8.42 Å². The second kappa shape index (κ2) is 8.43. The summed E-state index contributed by atoms with van der Waals surface area (Å²) < 4.78 is 28.2. The smallest absolute Gasteiger partial charge is 0.281 e. The highest BCUT2D eigenvalue weighted by Crippen LogP contribution is 2.15. The van der Waals surface area contributed by atoms with Crippen LogP contribution in [0.3, 0.4) is 0 Å². The first kappa shape index (κ1) is 18.8. The van der Waals surface area contributed by atoms with Crippen molar-refractivity contribution in [1.29, 1.82) is 0 Å². The molecule has 0 aliphatic carbocycles. The van der Waals surface area contributed by atoms with Crippen molar-refractivity contribution in [3.63, 3.8) is 0 Å². The van der Waals surface area contributed by atoms with Crippen LogP contribution in [0.1, 0.15) is 34.1 Å². The third-order valence-electron chi connectivity index (χ3n) is 4.06. The summed E-state index contributed by atoms with van der Waals surface area (Å²) in [6.45, 7) is 12.8. The van der Waals surface area contributed by atoms with E-state index in [-0.39, 0.29) is 6.04 Å². The maximum atomic E-state index is 12.6. The molecule has 0 spiro atoms. The van der Waals surface area contributed by atoms with E-state index in [4.69, 9.17) is 0 Å². The average Bonchev–Trinajstić information content (AvgIpc) is 2.42. The summed E-state index contributed by atoms with van der Waals surface area (Å²) in [5, 5.41) is 3.31. The van der Waals surface area contributed by atoms with E-state index < -0.39 is 10.2 Å². The number of piperazine rings is 1. The summed E-state index contributed by atoms with van der Waals surface area (Å²) in [7, 11) is -1.63. The van der Waals surface area contributed by atoms with Gasteiger partial charge in [0, 0.05) is 45.3 Å². The summed E-state index contributed by atoms with van der Waals surface area (Å²) >= 11 is 0. The highest BCUT2D eigenvalue weighted by molar-refractivity contribution is 7.86. The Morgan fingerprint density at radius 1 is 1.33 bits per heavy atom. The van der Waals surface area contributed by atoms with Gasteiger partial charge in [-0.2, -0.15) is 17.0 Å². The van der Waals surface area contributed by atoms with Crippen molar-refractivity contribution in [3.8, 4) is 0 Å². The summed E-state index contributed by atoms with van der Waals surface area (Å²) in [5.74, 6) is 0. The van der Waals surface area contributed by atoms with Crippen LogP contribution in [0.2, 0.25) is 0 Å². The molecule has 1 rings (SSSR count).